The number of rotatable bonds is 6. The van der Waals surface area contributed by atoms with Crippen LogP contribution in [-0.4, -0.2) is 27.6 Å². The van der Waals surface area contributed by atoms with Crippen LogP contribution in [0.4, 0.5) is 0 Å². The van der Waals surface area contributed by atoms with Gasteiger partial charge in [0.05, 0.1) is 17.2 Å². The van der Waals surface area contributed by atoms with Gasteiger partial charge in [-0.15, -0.1) is 0 Å². The van der Waals surface area contributed by atoms with Gasteiger partial charge < -0.3 is 14.6 Å². The molecule has 0 unspecified atom stereocenters. The van der Waals surface area contributed by atoms with E-state index in [1.54, 1.807) is 26.0 Å². The van der Waals surface area contributed by atoms with Gasteiger partial charge in [0.1, 0.15) is 0 Å². The van der Waals surface area contributed by atoms with Crippen molar-refractivity contribution in [1.82, 2.24) is 20.4 Å². The minimum Gasteiger partial charge on any atom is -0.477 e. The van der Waals surface area contributed by atoms with Crippen LogP contribution in [0.5, 0.6) is 5.88 Å². The van der Waals surface area contributed by atoms with Crippen LogP contribution in [0.25, 0.3) is 0 Å². The van der Waals surface area contributed by atoms with Gasteiger partial charge in [-0.25, -0.2) is 4.98 Å². The Morgan fingerprint density at radius 1 is 1.48 bits per heavy atom. The van der Waals surface area contributed by atoms with Crippen LogP contribution in [-0.2, 0) is 5.54 Å². The summed E-state index contributed by atoms with van der Waals surface area (Å²) < 4.78 is 10.3. The van der Waals surface area contributed by atoms with Gasteiger partial charge in [-0.1, -0.05) is 16.8 Å². The molecule has 1 amide bonds. The molecule has 0 spiro atoms. The Labute approximate surface area is 138 Å². The molecule has 0 bridgehead atoms. The zero-order valence-corrected chi connectivity index (χ0v) is 13.6. The molecule has 1 N–H and O–H groups in total. The summed E-state index contributed by atoms with van der Waals surface area (Å²) in [6.45, 7) is 4.14. The van der Waals surface area contributed by atoms with Crippen molar-refractivity contribution in [1.29, 1.82) is 0 Å². The quantitative estimate of drug-likeness (QED) is 0.871. The number of halogens is 1. The third-order valence-corrected chi connectivity index (χ3v) is 3.85. The highest BCUT2D eigenvalue weighted by Crippen LogP contribution is 2.29. The fourth-order valence-corrected chi connectivity index (χ4v) is 2.19. The molecule has 1 aliphatic carbocycles. The van der Waals surface area contributed by atoms with Gasteiger partial charge in [0, 0.05) is 6.07 Å². The fourth-order valence-electron chi connectivity index (χ4n) is 2.00. The first-order chi connectivity index (χ1) is 11.0. The maximum atomic E-state index is 12.5. The second kappa shape index (κ2) is 6.16. The summed E-state index contributed by atoms with van der Waals surface area (Å²) >= 11 is 6.09. The lowest BCUT2D eigenvalue weighted by Gasteiger charge is -2.22. The van der Waals surface area contributed by atoms with Crippen LogP contribution in [0, 0.1) is 5.92 Å². The first-order valence-corrected chi connectivity index (χ1v) is 7.72. The zero-order chi connectivity index (χ0) is 16.4. The number of aromatic nitrogens is 3. The average molecular weight is 337 g/mol. The maximum absolute atomic E-state index is 12.5. The van der Waals surface area contributed by atoms with Crippen LogP contribution in [0.15, 0.2) is 23.0 Å². The molecule has 23 heavy (non-hydrogen) atoms. The molecule has 8 heteroatoms. The van der Waals surface area contributed by atoms with Crippen molar-refractivity contribution in [2.45, 2.75) is 32.2 Å². The van der Waals surface area contributed by atoms with Crippen molar-refractivity contribution < 1.29 is 14.1 Å². The molecular formula is C15H17ClN4O3. The third kappa shape index (κ3) is 3.79. The summed E-state index contributed by atoms with van der Waals surface area (Å²) in [7, 11) is 0. The molecule has 0 atom stereocenters. The summed E-state index contributed by atoms with van der Waals surface area (Å²) in [6.07, 6.45) is 3.57. The van der Waals surface area contributed by atoms with E-state index < -0.39 is 11.4 Å². The highest BCUT2D eigenvalue weighted by atomic mass is 35.5. The Morgan fingerprint density at radius 2 is 2.26 bits per heavy atom. The standard InChI is InChI=1S/C15H17ClN4O3/c1-15(2,14-17-8-23-20-14)19-13(21)12-10(16)5-6-11(18-12)22-7-9-3-4-9/h5-6,8-9H,3-4,7H2,1-2H3,(H,19,21). The fraction of sp³-hybridized carbons (Fsp3) is 0.467. The van der Waals surface area contributed by atoms with Crippen molar-refractivity contribution in [2.75, 3.05) is 6.61 Å². The molecule has 7 nitrogen and oxygen atoms in total. The Kier molecular flexibility index (Phi) is 4.21. The summed E-state index contributed by atoms with van der Waals surface area (Å²) in [5.41, 5.74) is -0.712. The molecule has 0 aromatic carbocycles. The highest BCUT2D eigenvalue weighted by molar-refractivity contribution is 6.33. The molecule has 2 heterocycles. The van der Waals surface area contributed by atoms with Gasteiger partial charge in [-0.2, -0.15) is 4.98 Å². The normalized spacial score (nSPS) is 14.6. The lowest BCUT2D eigenvalue weighted by atomic mass is 10.0. The lowest BCUT2D eigenvalue weighted by molar-refractivity contribution is 0.0901. The van der Waals surface area contributed by atoms with Crippen molar-refractivity contribution in [2.24, 2.45) is 5.92 Å². The van der Waals surface area contributed by atoms with Gasteiger partial charge in [0.2, 0.25) is 12.3 Å². The van der Waals surface area contributed by atoms with Gasteiger partial charge in [0.15, 0.2) is 11.5 Å². The number of amides is 1. The number of nitrogens with one attached hydrogen (secondary N) is 1. The summed E-state index contributed by atoms with van der Waals surface area (Å²) in [5.74, 6) is 0.926. The molecule has 3 rings (SSSR count). The van der Waals surface area contributed by atoms with Crippen molar-refractivity contribution in [3.05, 3.63) is 35.1 Å². The SMILES string of the molecule is CC(C)(NC(=O)c1nc(OCC2CC2)ccc1Cl)c1ncon1. The molecule has 2 aromatic heterocycles. The first-order valence-electron chi connectivity index (χ1n) is 7.34. The zero-order valence-electron chi connectivity index (χ0n) is 12.9. The van der Waals surface area contributed by atoms with E-state index in [-0.39, 0.29) is 10.7 Å². The number of hydrogen-bond donors (Lipinski definition) is 1. The van der Waals surface area contributed by atoms with Gasteiger partial charge in [-0.05, 0) is 38.7 Å². The van der Waals surface area contributed by atoms with Crippen molar-refractivity contribution >= 4 is 17.5 Å². The molecule has 0 saturated heterocycles. The number of nitrogens with zero attached hydrogens (tertiary/aromatic N) is 3. The van der Waals surface area contributed by atoms with E-state index >= 15 is 0 Å². The summed E-state index contributed by atoms with van der Waals surface area (Å²) in [5, 5.41) is 6.80. The molecular weight excluding hydrogens is 320 g/mol. The number of pyridine rings is 1. The molecule has 122 valence electrons. The summed E-state index contributed by atoms with van der Waals surface area (Å²) in [6, 6.07) is 3.26. The monoisotopic (exact) mass is 336 g/mol. The second-order valence-corrected chi connectivity index (χ2v) is 6.48. The number of carbonyl (C=O) groups excluding carboxylic acids is 1. The van der Waals surface area contributed by atoms with E-state index in [1.807, 2.05) is 0 Å². The highest BCUT2D eigenvalue weighted by Gasteiger charge is 2.29. The Morgan fingerprint density at radius 3 is 2.91 bits per heavy atom. The Bertz CT molecular complexity index is 699. The number of ether oxygens (including phenoxy) is 1. The van der Waals surface area contributed by atoms with Crippen LogP contribution in [0.1, 0.15) is 43.0 Å². The topological polar surface area (TPSA) is 90.1 Å². The van der Waals surface area contributed by atoms with E-state index in [4.69, 9.17) is 20.9 Å². The van der Waals surface area contributed by atoms with Crippen LogP contribution >= 0.6 is 11.6 Å². The first kappa shape index (κ1) is 15.7. The molecule has 1 saturated carbocycles. The van der Waals surface area contributed by atoms with Crippen molar-refractivity contribution in [3.8, 4) is 5.88 Å². The predicted octanol–water partition coefficient (Wildman–Crippen LogP) is 2.57. The molecule has 1 aliphatic rings. The maximum Gasteiger partial charge on any atom is 0.272 e. The van der Waals surface area contributed by atoms with E-state index in [0.717, 1.165) is 0 Å². The predicted molar refractivity (Wildman–Crippen MR) is 82.3 cm³/mol. The van der Waals surface area contributed by atoms with Crippen LogP contribution in [0.2, 0.25) is 5.02 Å². The van der Waals surface area contributed by atoms with E-state index in [0.29, 0.717) is 24.2 Å². The molecule has 2 aromatic rings. The number of hydrogen-bond acceptors (Lipinski definition) is 6. The van der Waals surface area contributed by atoms with Gasteiger partial charge in [0.25, 0.3) is 5.91 Å². The average Bonchev–Trinajstić information content (AvgIpc) is 3.15. The minimum absolute atomic E-state index is 0.108. The van der Waals surface area contributed by atoms with E-state index in [1.165, 1.54) is 19.2 Å². The lowest BCUT2D eigenvalue weighted by Crippen LogP contribution is -2.42. The van der Waals surface area contributed by atoms with E-state index in [9.17, 15) is 4.79 Å². The van der Waals surface area contributed by atoms with Gasteiger partial charge in [-0.3, -0.25) is 4.79 Å². The van der Waals surface area contributed by atoms with E-state index in [2.05, 4.69) is 20.4 Å². The Hall–Kier alpha value is -2.15. The van der Waals surface area contributed by atoms with Crippen molar-refractivity contribution in [3.63, 3.8) is 0 Å². The number of carbonyl (C=O) groups is 1. The largest absolute Gasteiger partial charge is 0.477 e. The Balaban J connectivity index is 1.74. The molecule has 1 fully saturated rings. The van der Waals surface area contributed by atoms with Gasteiger partial charge >= 0.3 is 0 Å². The minimum atomic E-state index is -0.819. The molecule has 0 radical (unpaired) electrons. The third-order valence-electron chi connectivity index (χ3n) is 3.55. The summed E-state index contributed by atoms with van der Waals surface area (Å²) in [4.78, 5) is 20.6. The van der Waals surface area contributed by atoms with Crippen LogP contribution in [0.3, 0.4) is 0 Å². The smallest absolute Gasteiger partial charge is 0.272 e. The molecule has 0 aliphatic heterocycles. The van der Waals surface area contributed by atoms with Crippen LogP contribution < -0.4 is 10.1 Å². The second-order valence-electron chi connectivity index (χ2n) is 6.07.